The largest absolute Gasteiger partial charge is 0.457 e. The van der Waals surface area contributed by atoms with Crippen LogP contribution in [0, 0.1) is 6.92 Å². The SMILES string of the molecule is Cc1cc(Oc2cccc(S(C)(=O)=O)c2)ccc1CO. The molecule has 0 saturated carbocycles. The standard InChI is InChI=1S/C15H16O4S/c1-11-8-14(7-6-12(11)10-16)19-13-4-3-5-15(9-13)20(2,17)18/h3-9,16H,10H2,1-2H3. The van der Waals surface area contributed by atoms with Crippen LogP contribution in [-0.4, -0.2) is 19.8 Å². The molecule has 106 valence electrons. The van der Waals surface area contributed by atoms with Crippen molar-refractivity contribution in [3.05, 3.63) is 53.6 Å². The van der Waals surface area contributed by atoms with E-state index in [0.717, 1.165) is 17.4 Å². The topological polar surface area (TPSA) is 63.6 Å². The molecule has 1 N–H and O–H groups in total. The van der Waals surface area contributed by atoms with Crippen molar-refractivity contribution >= 4 is 9.84 Å². The van der Waals surface area contributed by atoms with Crippen molar-refractivity contribution in [1.82, 2.24) is 0 Å². The van der Waals surface area contributed by atoms with Gasteiger partial charge in [-0.2, -0.15) is 0 Å². The van der Waals surface area contributed by atoms with Gasteiger partial charge in [0.1, 0.15) is 11.5 Å². The van der Waals surface area contributed by atoms with Gasteiger partial charge in [0.15, 0.2) is 9.84 Å². The number of aliphatic hydroxyl groups is 1. The zero-order valence-corrected chi connectivity index (χ0v) is 12.1. The van der Waals surface area contributed by atoms with Gasteiger partial charge in [-0.1, -0.05) is 12.1 Å². The molecular formula is C15H16O4S. The van der Waals surface area contributed by atoms with Crippen LogP contribution in [0.5, 0.6) is 11.5 Å². The Morgan fingerprint density at radius 3 is 2.40 bits per heavy atom. The summed E-state index contributed by atoms with van der Waals surface area (Å²) in [6.45, 7) is 1.86. The lowest BCUT2D eigenvalue weighted by Crippen LogP contribution is -1.97. The number of aryl methyl sites for hydroxylation is 1. The Labute approximate surface area is 118 Å². The lowest BCUT2D eigenvalue weighted by molar-refractivity contribution is 0.281. The van der Waals surface area contributed by atoms with Crippen molar-refractivity contribution in [3.8, 4) is 11.5 Å². The van der Waals surface area contributed by atoms with Gasteiger partial charge in [-0.3, -0.25) is 0 Å². The molecule has 0 aromatic heterocycles. The monoisotopic (exact) mass is 292 g/mol. The lowest BCUT2D eigenvalue weighted by atomic mass is 10.1. The Morgan fingerprint density at radius 1 is 1.10 bits per heavy atom. The van der Waals surface area contributed by atoms with Gasteiger partial charge < -0.3 is 9.84 Å². The van der Waals surface area contributed by atoms with E-state index in [-0.39, 0.29) is 11.5 Å². The van der Waals surface area contributed by atoms with E-state index in [1.165, 1.54) is 12.1 Å². The van der Waals surface area contributed by atoms with Gasteiger partial charge in [0.2, 0.25) is 0 Å². The van der Waals surface area contributed by atoms with Gasteiger partial charge >= 0.3 is 0 Å². The van der Waals surface area contributed by atoms with Gasteiger partial charge in [0, 0.05) is 6.26 Å². The molecule has 2 rings (SSSR count). The summed E-state index contributed by atoms with van der Waals surface area (Å²) in [5.74, 6) is 1.06. The van der Waals surface area contributed by atoms with Gasteiger partial charge in [0.05, 0.1) is 11.5 Å². The molecular weight excluding hydrogens is 276 g/mol. The van der Waals surface area contributed by atoms with Crippen molar-refractivity contribution in [3.63, 3.8) is 0 Å². The molecule has 2 aromatic carbocycles. The molecule has 0 atom stereocenters. The van der Waals surface area contributed by atoms with E-state index in [1.807, 2.05) is 6.92 Å². The fraction of sp³-hybridized carbons (Fsp3) is 0.200. The van der Waals surface area contributed by atoms with Crippen molar-refractivity contribution in [2.75, 3.05) is 6.26 Å². The summed E-state index contributed by atoms with van der Waals surface area (Å²) in [5.41, 5.74) is 1.76. The summed E-state index contributed by atoms with van der Waals surface area (Å²) in [7, 11) is -3.25. The fourth-order valence-electron chi connectivity index (χ4n) is 1.81. The van der Waals surface area contributed by atoms with Crippen LogP contribution >= 0.6 is 0 Å². The summed E-state index contributed by atoms with van der Waals surface area (Å²) < 4.78 is 28.6. The summed E-state index contributed by atoms with van der Waals surface area (Å²) >= 11 is 0. The highest BCUT2D eigenvalue weighted by Gasteiger charge is 2.08. The second-order valence-electron chi connectivity index (χ2n) is 4.60. The van der Waals surface area contributed by atoms with Crippen LogP contribution in [0.1, 0.15) is 11.1 Å². The Balaban J connectivity index is 2.29. The van der Waals surface area contributed by atoms with E-state index in [1.54, 1.807) is 30.3 Å². The molecule has 0 heterocycles. The van der Waals surface area contributed by atoms with E-state index in [4.69, 9.17) is 9.84 Å². The molecule has 0 spiro atoms. The summed E-state index contributed by atoms with van der Waals surface area (Å²) in [6.07, 6.45) is 1.16. The van der Waals surface area contributed by atoms with Crippen LogP contribution in [-0.2, 0) is 16.4 Å². The second kappa shape index (κ2) is 5.64. The molecule has 2 aromatic rings. The Morgan fingerprint density at radius 2 is 1.80 bits per heavy atom. The first-order valence-corrected chi connectivity index (χ1v) is 7.97. The fourth-order valence-corrected chi connectivity index (χ4v) is 2.47. The molecule has 4 nitrogen and oxygen atoms in total. The van der Waals surface area contributed by atoms with Crippen LogP contribution in [0.3, 0.4) is 0 Å². The van der Waals surface area contributed by atoms with Gasteiger partial charge in [-0.15, -0.1) is 0 Å². The highest BCUT2D eigenvalue weighted by molar-refractivity contribution is 7.90. The maximum atomic E-state index is 11.5. The Bertz CT molecular complexity index is 720. The third-order valence-electron chi connectivity index (χ3n) is 2.95. The molecule has 0 aliphatic rings. The Hall–Kier alpha value is -1.85. The number of hydrogen-bond donors (Lipinski definition) is 1. The van der Waals surface area contributed by atoms with E-state index >= 15 is 0 Å². The maximum Gasteiger partial charge on any atom is 0.175 e. The minimum Gasteiger partial charge on any atom is -0.457 e. The van der Waals surface area contributed by atoms with Gasteiger partial charge in [0.25, 0.3) is 0 Å². The number of hydrogen-bond acceptors (Lipinski definition) is 4. The third-order valence-corrected chi connectivity index (χ3v) is 4.06. The zero-order chi connectivity index (χ0) is 14.8. The molecule has 0 bridgehead atoms. The van der Waals surface area contributed by atoms with Crippen molar-refractivity contribution < 1.29 is 18.3 Å². The van der Waals surface area contributed by atoms with Crippen LogP contribution < -0.4 is 4.74 Å². The first kappa shape index (κ1) is 14.6. The maximum absolute atomic E-state index is 11.5. The molecule has 0 saturated heterocycles. The quantitative estimate of drug-likeness (QED) is 0.941. The smallest absolute Gasteiger partial charge is 0.175 e. The summed E-state index contributed by atoms with van der Waals surface area (Å²) in [4.78, 5) is 0.221. The number of sulfone groups is 1. The van der Waals surface area contributed by atoms with Crippen LogP contribution in [0.4, 0.5) is 0 Å². The van der Waals surface area contributed by atoms with Crippen LogP contribution in [0.2, 0.25) is 0 Å². The van der Waals surface area contributed by atoms with Crippen molar-refractivity contribution in [1.29, 1.82) is 0 Å². The first-order chi connectivity index (χ1) is 9.40. The minimum atomic E-state index is -3.25. The zero-order valence-electron chi connectivity index (χ0n) is 11.3. The molecule has 5 heteroatoms. The third kappa shape index (κ3) is 3.37. The predicted octanol–water partition coefficient (Wildman–Crippen LogP) is 2.68. The summed E-state index contributed by atoms with van der Waals surface area (Å²) in [5, 5.41) is 9.12. The molecule has 20 heavy (non-hydrogen) atoms. The molecule has 0 radical (unpaired) electrons. The average Bonchev–Trinajstić information content (AvgIpc) is 2.38. The second-order valence-corrected chi connectivity index (χ2v) is 6.61. The Kier molecular flexibility index (Phi) is 4.11. The summed E-state index contributed by atoms with van der Waals surface area (Å²) in [6, 6.07) is 11.7. The first-order valence-electron chi connectivity index (χ1n) is 6.08. The van der Waals surface area contributed by atoms with E-state index in [9.17, 15) is 8.42 Å². The van der Waals surface area contributed by atoms with Crippen LogP contribution in [0.25, 0.3) is 0 Å². The van der Waals surface area contributed by atoms with Crippen LogP contribution in [0.15, 0.2) is 47.4 Å². The highest BCUT2D eigenvalue weighted by Crippen LogP contribution is 2.25. The molecule has 0 amide bonds. The van der Waals surface area contributed by atoms with Crippen molar-refractivity contribution in [2.45, 2.75) is 18.4 Å². The highest BCUT2D eigenvalue weighted by atomic mass is 32.2. The van der Waals surface area contributed by atoms with Gasteiger partial charge in [-0.05, 0) is 48.4 Å². The lowest BCUT2D eigenvalue weighted by Gasteiger charge is -2.09. The normalized spacial score (nSPS) is 11.3. The van der Waals surface area contributed by atoms with E-state index < -0.39 is 9.84 Å². The number of rotatable bonds is 4. The average molecular weight is 292 g/mol. The predicted molar refractivity (Wildman–Crippen MR) is 76.7 cm³/mol. The molecule has 0 fully saturated rings. The van der Waals surface area contributed by atoms with Crippen molar-refractivity contribution in [2.24, 2.45) is 0 Å². The molecule has 0 aliphatic carbocycles. The van der Waals surface area contributed by atoms with E-state index in [2.05, 4.69) is 0 Å². The molecule has 0 aliphatic heterocycles. The van der Waals surface area contributed by atoms with E-state index in [0.29, 0.717) is 11.5 Å². The molecule has 0 unspecified atom stereocenters. The van der Waals surface area contributed by atoms with Gasteiger partial charge in [-0.25, -0.2) is 8.42 Å². The number of aliphatic hydroxyl groups excluding tert-OH is 1. The number of benzene rings is 2. The minimum absolute atomic E-state index is 0.0182. The number of ether oxygens (including phenoxy) is 1.